The number of aromatic nitrogens is 1. The SMILES string of the molecule is CCOC(=O)N1CCN(CC(=O)N(C)CCc2ccncc2)CC1. The molecule has 1 fully saturated rings. The lowest BCUT2D eigenvalue weighted by Crippen LogP contribution is -2.51. The maximum atomic E-state index is 12.3. The van der Waals surface area contributed by atoms with E-state index in [0.717, 1.165) is 6.42 Å². The number of carbonyl (C=O) groups excluding carboxylic acids is 2. The molecule has 132 valence electrons. The number of hydrogen-bond donors (Lipinski definition) is 0. The molecular weight excluding hydrogens is 308 g/mol. The Kier molecular flexibility index (Phi) is 6.99. The van der Waals surface area contributed by atoms with Gasteiger partial charge in [0, 0.05) is 52.2 Å². The molecule has 1 aromatic rings. The fourth-order valence-electron chi connectivity index (χ4n) is 2.59. The number of rotatable bonds is 6. The number of hydrogen-bond acceptors (Lipinski definition) is 5. The number of likely N-dealkylation sites (N-methyl/N-ethyl adjacent to an activating group) is 1. The highest BCUT2D eigenvalue weighted by atomic mass is 16.6. The first-order chi connectivity index (χ1) is 11.6. The number of piperazine rings is 1. The molecule has 1 aliphatic rings. The Morgan fingerprint density at radius 3 is 2.50 bits per heavy atom. The van der Waals surface area contributed by atoms with E-state index in [9.17, 15) is 9.59 Å². The van der Waals surface area contributed by atoms with Crippen LogP contribution in [-0.2, 0) is 16.0 Å². The summed E-state index contributed by atoms with van der Waals surface area (Å²) in [5.41, 5.74) is 1.17. The van der Waals surface area contributed by atoms with Crippen LogP contribution in [0.25, 0.3) is 0 Å². The summed E-state index contributed by atoms with van der Waals surface area (Å²) >= 11 is 0. The van der Waals surface area contributed by atoms with E-state index in [-0.39, 0.29) is 12.0 Å². The van der Waals surface area contributed by atoms with Crippen LogP contribution in [0.5, 0.6) is 0 Å². The lowest BCUT2D eigenvalue weighted by molar-refractivity contribution is -0.131. The second-order valence-electron chi connectivity index (χ2n) is 5.88. The minimum atomic E-state index is -0.266. The summed E-state index contributed by atoms with van der Waals surface area (Å²) < 4.78 is 5.00. The van der Waals surface area contributed by atoms with Gasteiger partial charge in [-0.3, -0.25) is 14.7 Å². The minimum Gasteiger partial charge on any atom is -0.450 e. The quantitative estimate of drug-likeness (QED) is 0.772. The predicted octanol–water partition coefficient (Wildman–Crippen LogP) is 0.857. The fourth-order valence-corrected chi connectivity index (χ4v) is 2.59. The maximum absolute atomic E-state index is 12.3. The molecule has 7 heteroatoms. The van der Waals surface area contributed by atoms with Gasteiger partial charge in [-0.25, -0.2) is 4.79 Å². The van der Waals surface area contributed by atoms with E-state index in [1.807, 2.05) is 19.2 Å². The van der Waals surface area contributed by atoms with Gasteiger partial charge in [0.25, 0.3) is 0 Å². The van der Waals surface area contributed by atoms with Crippen molar-refractivity contribution in [2.45, 2.75) is 13.3 Å². The number of ether oxygens (including phenoxy) is 1. The number of amides is 2. The summed E-state index contributed by atoms with van der Waals surface area (Å²) in [4.78, 5) is 33.5. The molecule has 0 unspecified atom stereocenters. The van der Waals surface area contributed by atoms with Crippen molar-refractivity contribution in [1.29, 1.82) is 0 Å². The molecule has 0 aliphatic carbocycles. The summed E-state index contributed by atoms with van der Waals surface area (Å²) in [5, 5.41) is 0. The third-order valence-corrected chi connectivity index (χ3v) is 4.17. The Balaban J connectivity index is 1.70. The molecule has 0 spiro atoms. The number of pyridine rings is 1. The molecule has 0 atom stereocenters. The van der Waals surface area contributed by atoms with Gasteiger partial charge in [0.1, 0.15) is 0 Å². The van der Waals surface area contributed by atoms with Gasteiger partial charge >= 0.3 is 6.09 Å². The van der Waals surface area contributed by atoms with Crippen LogP contribution in [0.2, 0.25) is 0 Å². The number of carbonyl (C=O) groups is 2. The van der Waals surface area contributed by atoms with Crippen LogP contribution in [0.3, 0.4) is 0 Å². The second-order valence-corrected chi connectivity index (χ2v) is 5.88. The standard InChI is InChI=1S/C17H26N4O3/c1-3-24-17(23)21-12-10-20(11-13-21)14-16(22)19(2)9-6-15-4-7-18-8-5-15/h4-5,7-8H,3,6,9-14H2,1-2H3. The molecule has 2 rings (SSSR count). The summed E-state index contributed by atoms with van der Waals surface area (Å²) in [7, 11) is 1.83. The molecule has 7 nitrogen and oxygen atoms in total. The van der Waals surface area contributed by atoms with E-state index in [2.05, 4.69) is 9.88 Å². The monoisotopic (exact) mass is 334 g/mol. The molecule has 0 aromatic carbocycles. The molecule has 24 heavy (non-hydrogen) atoms. The Labute approximate surface area is 143 Å². The van der Waals surface area contributed by atoms with E-state index >= 15 is 0 Å². The summed E-state index contributed by atoms with van der Waals surface area (Å²) in [6.45, 7) is 5.87. The van der Waals surface area contributed by atoms with E-state index < -0.39 is 0 Å². The highest BCUT2D eigenvalue weighted by Crippen LogP contribution is 2.05. The zero-order chi connectivity index (χ0) is 17.4. The molecular formula is C17H26N4O3. The van der Waals surface area contributed by atoms with Crippen molar-refractivity contribution in [2.24, 2.45) is 0 Å². The van der Waals surface area contributed by atoms with Gasteiger partial charge in [0.15, 0.2) is 0 Å². The maximum Gasteiger partial charge on any atom is 0.409 e. The second kappa shape index (κ2) is 9.22. The minimum absolute atomic E-state index is 0.105. The van der Waals surface area contributed by atoms with Crippen molar-refractivity contribution in [1.82, 2.24) is 19.7 Å². The summed E-state index contributed by atoms with van der Waals surface area (Å²) in [6.07, 6.45) is 4.08. The van der Waals surface area contributed by atoms with E-state index in [0.29, 0.717) is 45.9 Å². The van der Waals surface area contributed by atoms with Crippen LogP contribution in [0.4, 0.5) is 4.79 Å². The van der Waals surface area contributed by atoms with Crippen LogP contribution in [0.1, 0.15) is 12.5 Å². The molecule has 0 saturated carbocycles. The average Bonchev–Trinajstić information content (AvgIpc) is 2.61. The van der Waals surface area contributed by atoms with Gasteiger partial charge in [-0.2, -0.15) is 0 Å². The van der Waals surface area contributed by atoms with Crippen LogP contribution < -0.4 is 0 Å². The summed E-state index contributed by atoms with van der Waals surface area (Å²) in [6, 6.07) is 3.93. The first-order valence-electron chi connectivity index (χ1n) is 8.37. The normalized spacial score (nSPS) is 15.2. The van der Waals surface area contributed by atoms with Crippen LogP contribution in [0, 0.1) is 0 Å². The fraction of sp³-hybridized carbons (Fsp3) is 0.588. The smallest absolute Gasteiger partial charge is 0.409 e. The highest BCUT2D eigenvalue weighted by Gasteiger charge is 2.23. The third-order valence-electron chi connectivity index (χ3n) is 4.17. The Morgan fingerprint density at radius 2 is 1.88 bits per heavy atom. The topological polar surface area (TPSA) is 66.0 Å². The molecule has 2 heterocycles. The van der Waals surface area contributed by atoms with Gasteiger partial charge in [-0.05, 0) is 31.0 Å². The first-order valence-corrected chi connectivity index (χ1v) is 8.37. The third kappa shape index (κ3) is 5.49. The van der Waals surface area contributed by atoms with Crippen molar-refractivity contribution in [3.05, 3.63) is 30.1 Å². The molecule has 2 amide bonds. The van der Waals surface area contributed by atoms with Crippen LogP contribution in [-0.4, -0.2) is 84.6 Å². The zero-order valence-electron chi connectivity index (χ0n) is 14.5. The van der Waals surface area contributed by atoms with Crippen LogP contribution in [0.15, 0.2) is 24.5 Å². The molecule has 0 N–H and O–H groups in total. The predicted molar refractivity (Wildman–Crippen MR) is 90.6 cm³/mol. The van der Waals surface area contributed by atoms with Gasteiger partial charge in [0.2, 0.25) is 5.91 Å². The molecule has 0 radical (unpaired) electrons. The van der Waals surface area contributed by atoms with Crippen molar-refractivity contribution in [3.8, 4) is 0 Å². The van der Waals surface area contributed by atoms with Crippen molar-refractivity contribution < 1.29 is 14.3 Å². The summed E-state index contributed by atoms with van der Waals surface area (Å²) in [5.74, 6) is 0.105. The van der Waals surface area contributed by atoms with Gasteiger partial charge < -0.3 is 14.5 Å². The largest absolute Gasteiger partial charge is 0.450 e. The van der Waals surface area contributed by atoms with Gasteiger partial charge in [-0.1, -0.05) is 0 Å². The van der Waals surface area contributed by atoms with Crippen molar-refractivity contribution in [3.63, 3.8) is 0 Å². The molecule has 1 saturated heterocycles. The molecule has 0 bridgehead atoms. The van der Waals surface area contributed by atoms with Crippen molar-refractivity contribution in [2.75, 3.05) is 52.9 Å². The van der Waals surface area contributed by atoms with E-state index in [1.54, 1.807) is 29.1 Å². The van der Waals surface area contributed by atoms with Gasteiger partial charge in [-0.15, -0.1) is 0 Å². The lowest BCUT2D eigenvalue weighted by Gasteiger charge is -2.34. The Hall–Kier alpha value is -2.15. The highest BCUT2D eigenvalue weighted by molar-refractivity contribution is 5.78. The van der Waals surface area contributed by atoms with Crippen LogP contribution >= 0.6 is 0 Å². The van der Waals surface area contributed by atoms with E-state index in [1.165, 1.54) is 5.56 Å². The number of nitrogens with zero attached hydrogens (tertiary/aromatic N) is 4. The zero-order valence-corrected chi connectivity index (χ0v) is 14.5. The van der Waals surface area contributed by atoms with Crippen molar-refractivity contribution >= 4 is 12.0 Å². The Bertz CT molecular complexity index is 530. The Morgan fingerprint density at radius 1 is 1.21 bits per heavy atom. The average molecular weight is 334 g/mol. The van der Waals surface area contributed by atoms with E-state index in [4.69, 9.17) is 4.74 Å². The molecule has 1 aromatic heterocycles. The first kappa shape index (κ1) is 18.2. The lowest BCUT2D eigenvalue weighted by atomic mass is 10.2. The van der Waals surface area contributed by atoms with Gasteiger partial charge in [0.05, 0.1) is 13.2 Å². The molecule has 1 aliphatic heterocycles.